The standard InChI is InChI=1S/C10H14ClNOS/c11-10-4-8(7-14-10)5-12-3-1-2-9(13)6-12/h4,7,9,13H,1-3,5-6H2. The van der Waals surface area contributed by atoms with Crippen LogP contribution in [0.2, 0.25) is 4.34 Å². The highest BCUT2D eigenvalue weighted by Gasteiger charge is 2.17. The van der Waals surface area contributed by atoms with Crippen LogP contribution in [0, 0.1) is 0 Å². The predicted octanol–water partition coefficient (Wildman–Crippen LogP) is 2.36. The Labute approximate surface area is 93.1 Å². The zero-order valence-electron chi connectivity index (χ0n) is 7.95. The quantitative estimate of drug-likeness (QED) is 0.845. The number of hydrogen-bond acceptors (Lipinski definition) is 3. The Morgan fingerprint density at radius 3 is 3.14 bits per heavy atom. The third-order valence-corrected chi connectivity index (χ3v) is 3.65. The molecular weight excluding hydrogens is 218 g/mol. The van der Waals surface area contributed by atoms with E-state index in [1.807, 2.05) is 6.07 Å². The minimum atomic E-state index is -0.141. The van der Waals surface area contributed by atoms with Gasteiger partial charge >= 0.3 is 0 Å². The molecule has 1 aliphatic rings. The maximum atomic E-state index is 9.50. The van der Waals surface area contributed by atoms with Crippen LogP contribution in [0.4, 0.5) is 0 Å². The second-order valence-corrected chi connectivity index (χ2v) is 5.33. The maximum Gasteiger partial charge on any atom is 0.0931 e. The molecule has 1 aromatic heterocycles. The van der Waals surface area contributed by atoms with Crippen molar-refractivity contribution in [2.75, 3.05) is 13.1 Å². The van der Waals surface area contributed by atoms with Crippen LogP contribution in [-0.4, -0.2) is 29.2 Å². The van der Waals surface area contributed by atoms with Crippen molar-refractivity contribution in [1.82, 2.24) is 4.90 Å². The van der Waals surface area contributed by atoms with E-state index in [4.69, 9.17) is 11.6 Å². The van der Waals surface area contributed by atoms with E-state index in [9.17, 15) is 5.11 Å². The van der Waals surface area contributed by atoms with Crippen LogP contribution in [0.3, 0.4) is 0 Å². The van der Waals surface area contributed by atoms with Gasteiger partial charge < -0.3 is 5.11 Å². The zero-order chi connectivity index (χ0) is 9.97. The largest absolute Gasteiger partial charge is 0.392 e. The Morgan fingerprint density at radius 2 is 2.50 bits per heavy atom. The summed E-state index contributed by atoms with van der Waals surface area (Å²) >= 11 is 7.43. The number of rotatable bonds is 2. The van der Waals surface area contributed by atoms with Crippen LogP contribution >= 0.6 is 22.9 Å². The van der Waals surface area contributed by atoms with Gasteiger partial charge in [0, 0.05) is 13.1 Å². The van der Waals surface area contributed by atoms with Crippen molar-refractivity contribution in [3.63, 3.8) is 0 Å². The Bertz CT molecular complexity index is 302. The van der Waals surface area contributed by atoms with E-state index in [1.54, 1.807) is 11.3 Å². The summed E-state index contributed by atoms with van der Waals surface area (Å²) in [5.41, 5.74) is 1.26. The number of β-amino-alcohol motifs (C(OH)–C–C–N with tert-alkyl or cyclic N) is 1. The minimum Gasteiger partial charge on any atom is -0.392 e. The number of nitrogens with zero attached hydrogens (tertiary/aromatic N) is 1. The predicted molar refractivity (Wildman–Crippen MR) is 59.8 cm³/mol. The summed E-state index contributed by atoms with van der Waals surface area (Å²) in [6.45, 7) is 2.80. The van der Waals surface area contributed by atoms with E-state index < -0.39 is 0 Å². The molecule has 0 aromatic carbocycles. The van der Waals surface area contributed by atoms with E-state index >= 15 is 0 Å². The van der Waals surface area contributed by atoms with E-state index in [0.29, 0.717) is 0 Å². The molecule has 0 radical (unpaired) electrons. The molecule has 4 heteroatoms. The summed E-state index contributed by atoms with van der Waals surface area (Å²) in [4.78, 5) is 2.28. The third-order valence-electron chi connectivity index (χ3n) is 2.51. The second-order valence-electron chi connectivity index (χ2n) is 3.79. The Hall–Kier alpha value is -0.0900. The zero-order valence-corrected chi connectivity index (χ0v) is 9.52. The fraction of sp³-hybridized carbons (Fsp3) is 0.600. The number of likely N-dealkylation sites (tertiary alicyclic amines) is 1. The van der Waals surface area contributed by atoms with Crippen LogP contribution in [0.25, 0.3) is 0 Å². The van der Waals surface area contributed by atoms with Crippen LogP contribution in [-0.2, 0) is 6.54 Å². The van der Waals surface area contributed by atoms with Crippen molar-refractivity contribution in [3.05, 3.63) is 21.3 Å². The number of piperidine rings is 1. The van der Waals surface area contributed by atoms with Crippen molar-refractivity contribution in [3.8, 4) is 0 Å². The molecule has 2 nitrogen and oxygen atoms in total. The number of aliphatic hydroxyl groups excluding tert-OH is 1. The topological polar surface area (TPSA) is 23.5 Å². The fourth-order valence-corrected chi connectivity index (χ4v) is 2.76. The number of thiophene rings is 1. The summed E-state index contributed by atoms with van der Waals surface area (Å²) in [6.07, 6.45) is 1.90. The highest BCUT2D eigenvalue weighted by molar-refractivity contribution is 7.14. The molecule has 78 valence electrons. The van der Waals surface area contributed by atoms with Crippen LogP contribution in [0.15, 0.2) is 11.4 Å². The summed E-state index contributed by atoms with van der Waals surface area (Å²) < 4.78 is 0.845. The molecule has 1 N–H and O–H groups in total. The average molecular weight is 232 g/mol. The minimum absolute atomic E-state index is 0.141. The van der Waals surface area contributed by atoms with E-state index in [-0.39, 0.29) is 6.10 Å². The van der Waals surface area contributed by atoms with Gasteiger partial charge in [0.2, 0.25) is 0 Å². The summed E-state index contributed by atoms with van der Waals surface area (Å²) in [5, 5.41) is 11.6. The molecule has 1 fully saturated rings. The van der Waals surface area contributed by atoms with Crippen molar-refractivity contribution in [2.24, 2.45) is 0 Å². The van der Waals surface area contributed by atoms with E-state index in [2.05, 4.69) is 10.3 Å². The number of aliphatic hydroxyl groups is 1. The summed E-state index contributed by atoms with van der Waals surface area (Å²) in [6, 6.07) is 2.01. The molecule has 1 atom stereocenters. The van der Waals surface area contributed by atoms with Gasteiger partial charge in [0.1, 0.15) is 0 Å². The van der Waals surface area contributed by atoms with Gasteiger partial charge in [0.25, 0.3) is 0 Å². The molecule has 0 aliphatic carbocycles. The molecular formula is C10H14ClNOS. The molecule has 2 rings (SSSR count). The van der Waals surface area contributed by atoms with Crippen molar-refractivity contribution >= 4 is 22.9 Å². The molecule has 0 bridgehead atoms. The Kier molecular flexibility index (Phi) is 3.44. The first-order valence-corrected chi connectivity index (χ1v) is 6.13. The summed E-state index contributed by atoms with van der Waals surface area (Å²) in [5.74, 6) is 0. The molecule has 0 saturated carbocycles. The summed E-state index contributed by atoms with van der Waals surface area (Å²) in [7, 11) is 0. The molecule has 1 aliphatic heterocycles. The molecule has 1 saturated heterocycles. The van der Waals surface area contributed by atoms with Gasteiger partial charge in [-0.05, 0) is 36.4 Å². The van der Waals surface area contributed by atoms with Gasteiger partial charge in [0.15, 0.2) is 0 Å². The van der Waals surface area contributed by atoms with Crippen molar-refractivity contribution < 1.29 is 5.11 Å². The highest BCUT2D eigenvalue weighted by Crippen LogP contribution is 2.22. The average Bonchev–Trinajstić information content (AvgIpc) is 2.51. The van der Waals surface area contributed by atoms with Gasteiger partial charge in [-0.1, -0.05) is 11.6 Å². The molecule has 0 amide bonds. The van der Waals surface area contributed by atoms with Crippen LogP contribution in [0.1, 0.15) is 18.4 Å². The lowest BCUT2D eigenvalue weighted by molar-refractivity contribution is 0.0669. The second kappa shape index (κ2) is 4.62. The van der Waals surface area contributed by atoms with Gasteiger partial charge in [-0.3, -0.25) is 4.90 Å². The lowest BCUT2D eigenvalue weighted by Crippen LogP contribution is -2.37. The fourth-order valence-electron chi connectivity index (χ4n) is 1.86. The normalized spacial score (nSPS) is 24.0. The van der Waals surface area contributed by atoms with Crippen molar-refractivity contribution in [2.45, 2.75) is 25.5 Å². The van der Waals surface area contributed by atoms with Crippen LogP contribution in [0.5, 0.6) is 0 Å². The van der Waals surface area contributed by atoms with Gasteiger partial charge in [0.05, 0.1) is 10.4 Å². The highest BCUT2D eigenvalue weighted by atomic mass is 35.5. The monoisotopic (exact) mass is 231 g/mol. The van der Waals surface area contributed by atoms with Crippen LogP contribution < -0.4 is 0 Å². The van der Waals surface area contributed by atoms with Crippen molar-refractivity contribution in [1.29, 1.82) is 0 Å². The van der Waals surface area contributed by atoms with Gasteiger partial charge in [-0.25, -0.2) is 0 Å². The van der Waals surface area contributed by atoms with Gasteiger partial charge in [-0.15, -0.1) is 11.3 Å². The van der Waals surface area contributed by atoms with E-state index in [1.165, 1.54) is 5.56 Å². The SMILES string of the molecule is OC1CCCN(Cc2csc(Cl)c2)C1. The maximum absolute atomic E-state index is 9.50. The first-order chi connectivity index (χ1) is 6.74. The Balaban J connectivity index is 1.90. The lowest BCUT2D eigenvalue weighted by Gasteiger charge is -2.29. The Morgan fingerprint density at radius 1 is 1.64 bits per heavy atom. The van der Waals surface area contributed by atoms with E-state index in [0.717, 1.165) is 36.8 Å². The molecule has 1 aromatic rings. The smallest absolute Gasteiger partial charge is 0.0931 e. The first-order valence-electron chi connectivity index (χ1n) is 4.87. The van der Waals surface area contributed by atoms with Gasteiger partial charge in [-0.2, -0.15) is 0 Å². The molecule has 2 heterocycles. The number of hydrogen-bond donors (Lipinski definition) is 1. The third kappa shape index (κ3) is 2.70. The first kappa shape index (κ1) is 10.4. The number of halogens is 1. The molecule has 14 heavy (non-hydrogen) atoms. The molecule has 0 spiro atoms. The molecule has 1 unspecified atom stereocenters. The lowest BCUT2D eigenvalue weighted by atomic mass is 10.1.